The number of nitrogens with one attached hydrogen (secondary N) is 1. The molecule has 2 aliphatic heterocycles. The zero-order valence-electron chi connectivity index (χ0n) is 11.2. The van der Waals surface area contributed by atoms with Gasteiger partial charge in [-0.15, -0.1) is 0 Å². The van der Waals surface area contributed by atoms with E-state index in [0.29, 0.717) is 0 Å². The van der Waals surface area contributed by atoms with Gasteiger partial charge in [0, 0.05) is 31.7 Å². The molecule has 1 saturated carbocycles. The maximum absolute atomic E-state index is 3.81. The number of likely N-dealkylation sites (tertiary alicyclic amines) is 2. The second-order valence-electron chi connectivity index (χ2n) is 6.17. The topological polar surface area (TPSA) is 18.5 Å². The summed E-state index contributed by atoms with van der Waals surface area (Å²) in [6.45, 7) is 10.1. The summed E-state index contributed by atoms with van der Waals surface area (Å²) in [5.41, 5.74) is 0. The molecule has 0 spiro atoms. The van der Waals surface area contributed by atoms with Gasteiger partial charge in [-0.25, -0.2) is 0 Å². The first-order chi connectivity index (χ1) is 8.35. The average molecular weight is 237 g/mol. The first kappa shape index (κ1) is 11.9. The second-order valence-corrected chi connectivity index (χ2v) is 6.17. The molecule has 2 heterocycles. The van der Waals surface area contributed by atoms with Gasteiger partial charge >= 0.3 is 0 Å². The Morgan fingerprint density at radius 2 is 1.94 bits per heavy atom. The molecule has 3 aliphatic rings. The lowest BCUT2D eigenvalue weighted by Gasteiger charge is -2.18. The van der Waals surface area contributed by atoms with Crippen LogP contribution in [-0.4, -0.2) is 61.2 Å². The average Bonchev–Trinajstić information content (AvgIpc) is 2.93. The third-order valence-electron chi connectivity index (χ3n) is 4.80. The van der Waals surface area contributed by atoms with Gasteiger partial charge in [-0.05, 0) is 51.2 Å². The lowest BCUT2D eigenvalue weighted by Crippen LogP contribution is -2.37. The van der Waals surface area contributed by atoms with Gasteiger partial charge in [-0.2, -0.15) is 0 Å². The standard InChI is InChI=1S/C14H27N3/c1-2-16-7-5-12(10-16)9-15-13-6-8-17(11-13)14-3-4-14/h12-15H,2-11H2,1H3. The molecule has 2 atom stereocenters. The minimum atomic E-state index is 0.784. The summed E-state index contributed by atoms with van der Waals surface area (Å²) < 4.78 is 0. The van der Waals surface area contributed by atoms with Crippen LogP contribution in [0.1, 0.15) is 32.6 Å². The Morgan fingerprint density at radius 1 is 1.06 bits per heavy atom. The monoisotopic (exact) mass is 237 g/mol. The highest BCUT2D eigenvalue weighted by Gasteiger charge is 2.34. The van der Waals surface area contributed by atoms with Crippen molar-refractivity contribution in [2.24, 2.45) is 5.92 Å². The van der Waals surface area contributed by atoms with Gasteiger partial charge in [0.1, 0.15) is 0 Å². The van der Waals surface area contributed by atoms with Crippen LogP contribution in [0.3, 0.4) is 0 Å². The highest BCUT2D eigenvalue weighted by Crippen LogP contribution is 2.29. The molecule has 3 rings (SSSR count). The Labute approximate surface area is 106 Å². The van der Waals surface area contributed by atoms with Gasteiger partial charge in [0.25, 0.3) is 0 Å². The molecule has 0 aromatic heterocycles. The van der Waals surface area contributed by atoms with E-state index in [9.17, 15) is 0 Å². The predicted molar refractivity (Wildman–Crippen MR) is 71.2 cm³/mol. The summed E-state index contributed by atoms with van der Waals surface area (Å²) in [6.07, 6.45) is 5.70. The highest BCUT2D eigenvalue weighted by molar-refractivity contribution is 4.92. The van der Waals surface area contributed by atoms with Crippen molar-refractivity contribution in [2.45, 2.75) is 44.7 Å². The lowest BCUT2D eigenvalue weighted by molar-refractivity contribution is 0.310. The molecule has 0 amide bonds. The Bertz CT molecular complexity index is 252. The van der Waals surface area contributed by atoms with Gasteiger partial charge in [0.2, 0.25) is 0 Å². The first-order valence-electron chi connectivity index (χ1n) is 7.55. The van der Waals surface area contributed by atoms with Crippen LogP contribution in [0.4, 0.5) is 0 Å². The van der Waals surface area contributed by atoms with Crippen molar-refractivity contribution in [3.63, 3.8) is 0 Å². The van der Waals surface area contributed by atoms with E-state index < -0.39 is 0 Å². The number of hydrogen-bond acceptors (Lipinski definition) is 3. The van der Waals surface area contributed by atoms with E-state index in [-0.39, 0.29) is 0 Å². The zero-order valence-corrected chi connectivity index (χ0v) is 11.2. The fraction of sp³-hybridized carbons (Fsp3) is 1.00. The third kappa shape index (κ3) is 3.01. The number of nitrogens with zero attached hydrogens (tertiary/aromatic N) is 2. The summed E-state index contributed by atoms with van der Waals surface area (Å²) in [5, 5.41) is 3.81. The van der Waals surface area contributed by atoms with Crippen LogP contribution in [0.25, 0.3) is 0 Å². The molecule has 1 N–H and O–H groups in total. The first-order valence-corrected chi connectivity index (χ1v) is 7.55. The van der Waals surface area contributed by atoms with Crippen LogP contribution in [-0.2, 0) is 0 Å². The molecule has 2 saturated heterocycles. The van der Waals surface area contributed by atoms with E-state index in [1.54, 1.807) is 0 Å². The van der Waals surface area contributed by atoms with Crippen molar-refractivity contribution >= 4 is 0 Å². The quantitative estimate of drug-likeness (QED) is 0.774. The van der Waals surface area contributed by atoms with Gasteiger partial charge in [0.05, 0.1) is 0 Å². The Kier molecular flexibility index (Phi) is 3.69. The number of hydrogen-bond donors (Lipinski definition) is 1. The van der Waals surface area contributed by atoms with E-state index >= 15 is 0 Å². The minimum absolute atomic E-state index is 0.784. The zero-order chi connectivity index (χ0) is 11.7. The molecular formula is C14H27N3. The fourth-order valence-corrected chi connectivity index (χ4v) is 3.43. The van der Waals surface area contributed by atoms with Crippen LogP contribution in [0.15, 0.2) is 0 Å². The van der Waals surface area contributed by atoms with Crippen molar-refractivity contribution in [1.82, 2.24) is 15.1 Å². The number of rotatable bonds is 5. The molecule has 3 heteroatoms. The Hall–Kier alpha value is -0.120. The van der Waals surface area contributed by atoms with Crippen molar-refractivity contribution in [3.05, 3.63) is 0 Å². The molecule has 3 fully saturated rings. The van der Waals surface area contributed by atoms with Crippen LogP contribution in [0.5, 0.6) is 0 Å². The normalized spacial score (nSPS) is 35.8. The van der Waals surface area contributed by atoms with Crippen LogP contribution < -0.4 is 5.32 Å². The third-order valence-corrected chi connectivity index (χ3v) is 4.80. The van der Waals surface area contributed by atoms with E-state index in [2.05, 4.69) is 22.0 Å². The predicted octanol–water partition coefficient (Wildman–Crippen LogP) is 1.15. The van der Waals surface area contributed by atoms with E-state index in [0.717, 1.165) is 18.0 Å². The van der Waals surface area contributed by atoms with Gasteiger partial charge < -0.3 is 10.2 Å². The summed E-state index contributed by atoms with van der Waals surface area (Å²) in [4.78, 5) is 5.28. The van der Waals surface area contributed by atoms with Crippen molar-refractivity contribution in [2.75, 3.05) is 39.3 Å². The summed E-state index contributed by atoms with van der Waals surface area (Å²) in [7, 11) is 0. The maximum Gasteiger partial charge on any atom is 0.0207 e. The van der Waals surface area contributed by atoms with Crippen LogP contribution in [0, 0.1) is 5.92 Å². The van der Waals surface area contributed by atoms with Gasteiger partial charge in [-0.3, -0.25) is 4.90 Å². The molecule has 0 radical (unpaired) electrons. The molecular weight excluding hydrogens is 210 g/mol. The summed E-state index contributed by atoms with van der Waals surface area (Å²) >= 11 is 0. The lowest BCUT2D eigenvalue weighted by atomic mass is 10.1. The Balaban J connectivity index is 1.34. The van der Waals surface area contributed by atoms with Crippen molar-refractivity contribution < 1.29 is 0 Å². The van der Waals surface area contributed by atoms with Gasteiger partial charge in [0.15, 0.2) is 0 Å². The molecule has 1 aliphatic carbocycles. The second kappa shape index (κ2) is 5.25. The molecule has 2 unspecified atom stereocenters. The summed E-state index contributed by atoms with van der Waals surface area (Å²) in [5.74, 6) is 0.907. The Morgan fingerprint density at radius 3 is 2.65 bits per heavy atom. The smallest absolute Gasteiger partial charge is 0.0207 e. The van der Waals surface area contributed by atoms with Crippen LogP contribution in [0.2, 0.25) is 0 Å². The molecule has 3 nitrogen and oxygen atoms in total. The van der Waals surface area contributed by atoms with Crippen molar-refractivity contribution in [3.8, 4) is 0 Å². The molecule has 17 heavy (non-hydrogen) atoms. The van der Waals surface area contributed by atoms with Crippen molar-refractivity contribution in [1.29, 1.82) is 0 Å². The van der Waals surface area contributed by atoms with E-state index in [4.69, 9.17) is 0 Å². The van der Waals surface area contributed by atoms with E-state index in [1.165, 1.54) is 65.0 Å². The minimum Gasteiger partial charge on any atom is -0.312 e. The maximum atomic E-state index is 3.81. The van der Waals surface area contributed by atoms with Gasteiger partial charge in [-0.1, -0.05) is 6.92 Å². The molecule has 0 aromatic rings. The molecule has 0 bridgehead atoms. The summed E-state index contributed by atoms with van der Waals surface area (Å²) in [6, 6.07) is 1.75. The fourth-order valence-electron chi connectivity index (χ4n) is 3.43. The molecule has 0 aromatic carbocycles. The van der Waals surface area contributed by atoms with Crippen LogP contribution >= 0.6 is 0 Å². The SMILES string of the molecule is CCN1CCC(CNC2CCN(C3CC3)C2)C1. The highest BCUT2D eigenvalue weighted by atomic mass is 15.2. The largest absolute Gasteiger partial charge is 0.312 e. The van der Waals surface area contributed by atoms with E-state index in [1.807, 2.05) is 0 Å². The molecule has 98 valence electrons.